The van der Waals surface area contributed by atoms with E-state index in [0.29, 0.717) is 11.8 Å². The van der Waals surface area contributed by atoms with Crippen molar-refractivity contribution in [3.05, 3.63) is 40.2 Å². The molecule has 0 radical (unpaired) electrons. The van der Waals surface area contributed by atoms with Crippen molar-refractivity contribution >= 4 is 23.1 Å². The number of thiazole rings is 1. The van der Waals surface area contributed by atoms with E-state index in [9.17, 15) is 0 Å². The average molecular weight is 292 g/mol. The number of nitrogens with zero attached hydrogens (tertiary/aromatic N) is 1. The van der Waals surface area contributed by atoms with Gasteiger partial charge >= 0.3 is 0 Å². The summed E-state index contributed by atoms with van der Waals surface area (Å²) in [6.45, 7) is 5.09. The van der Waals surface area contributed by atoms with Crippen molar-refractivity contribution in [2.24, 2.45) is 5.73 Å². The lowest BCUT2D eigenvalue weighted by atomic mass is 10.1. The van der Waals surface area contributed by atoms with Crippen LogP contribution in [-0.4, -0.2) is 10.2 Å². The molecule has 19 heavy (non-hydrogen) atoms. The lowest BCUT2D eigenvalue weighted by molar-refractivity contribution is 0.905. The predicted molar refractivity (Wildman–Crippen MR) is 86.5 cm³/mol. The minimum absolute atomic E-state index is 0.591. The Balaban J connectivity index is 2.03. The van der Waals surface area contributed by atoms with Gasteiger partial charge in [-0.3, -0.25) is 0 Å². The maximum absolute atomic E-state index is 5.61. The standard InChI is InChI=1S/C15H20N2S2/c1-3-11(2)18-10-15-17-14(9-19-15)13-6-4-12(8-16)5-7-13/h4-7,9,11H,3,8,10,16H2,1-2H3. The molecule has 0 saturated carbocycles. The molecule has 1 heterocycles. The van der Waals surface area contributed by atoms with Gasteiger partial charge in [0.2, 0.25) is 0 Å². The number of nitrogens with two attached hydrogens (primary N) is 1. The van der Waals surface area contributed by atoms with Gasteiger partial charge in [0.15, 0.2) is 0 Å². The highest BCUT2D eigenvalue weighted by Gasteiger charge is 2.06. The Kier molecular flexibility index (Phi) is 5.43. The summed E-state index contributed by atoms with van der Waals surface area (Å²) in [6, 6.07) is 8.34. The van der Waals surface area contributed by atoms with Gasteiger partial charge in [-0.1, -0.05) is 38.1 Å². The molecule has 0 saturated heterocycles. The second-order valence-corrected chi connectivity index (χ2v) is 6.93. The Morgan fingerprint density at radius 3 is 2.68 bits per heavy atom. The van der Waals surface area contributed by atoms with Gasteiger partial charge in [0.1, 0.15) is 5.01 Å². The van der Waals surface area contributed by atoms with Crippen LogP contribution in [-0.2, 0) is 12.3 Å². The summed E-state index contributed by atoms with van der Waals surface area (Å²) in [5, 5.41) is 4.06. The van der Waals surface area contributed by atoms with Crippen molar-refractivity contribution in [2.45, 2.75) is 37.8 Å². The minimum atomic E-state index is 0.591. The lowest BCUT2D eigenvalue weighted by Gasteiger charge is -2.05. The van der Waals surface area contributed by atoms with Crippen LogP contribution >= 0.6 is 23.1 Å². The fraction of sp³-hybridized carbons (Fsp3) is 0.400. The topological polar surface area (TPSA) is 38.9 Å². The highest BCUT2D eigenvalue weighted by molar-refractivity contribution is 7.99. The third kappa shape index (κ3) is 4.06. The van der Waals surface area contributed by atoms with Crippen LogP contribution in [0.25, 0.3) is 11.3 Å². The zero-order valence-electron chi connectivity index (χ0n) is 11.4. The first-order valence-corrected chi connectivity index (χ1v) is 8.51. The smallest absolute Gasteiger partial charge is 0.103 e. The number of rotatable bonds is 6. The normalized spacial score (nSPS) is 12.6. The second-order valence-electron chi connectivity index (χ2n) is 4.56. The van der Waals surface area contributed by atoms with Crippen molar-refractivity contribution in [1.29, 1.82) is 0 Å². The predicted octanol–water partition coefficient (Wildman–Crippen LogP) is 4.30. The van der Waals surface area contributed by atoms with E-state index in [1.165, 1.54) is 17.0 Å². The van der Waals surface area contributed by atoms with Gasteiger partial charge in [-0.2, -0.15) is 11.8 Å². The molecule has 0 aliphatic rings. The first kappa shape index (κ1) is 14.6. The maximum Gasteiger partial charge on any atom is 0.103 e. The summed E-state index contributed by atoms with van der Waals surface area (Å²) in [5.74, 6) is 1.01. The Morgan fingerprint density at radius 2 is 2.05 bits per heavy atom. The van der Waals surface area contributed by atoms with Crippen LogP contribution in [0.4, 0.5) is 0 Å². The van der Waals surface area contributed by atoms with Gasteiger partial charge in [-0.05, 0) is 12.0 Å². The van der Waals surface area contributed by atoms with Gasteiger partial charge in [-0.15, -0.1) is 11.3 Å². The van der Waals surface area contributed by atoms with E-state index in [-0.39, 0.29) is 0 Å². The van der Waals surface area contributed by atoms with Crippen LogP contribution in [0.3, 0.4) is 0 Å². The highest BCUT2D eigenvalue weighted by Crippen LogP contribution is 2.26. The van der Waals surface area contributed by atoms with Gasteiger partial charge < -0.3 is 5.73 Å². The minimum Gasteiger partial charge on any atom is -0.326 e. The van der Waals surface area contributed by atoms with E-state index in [4.69, 9.17) is 10.7 Å². The molecule has 2 rings (SSSR count). The molecule has 0 aliphatic heterocycles. The van der Waals surface area contributed by atoms with Gasteiger partial charge in [0, 0.05) is 28.5 Å². The molecule has 2 N–H and O–H groups in total. The number of hydrogen-bond acceptors (Lipinski definition) is 4. The van der Waals surface area contributed by atoms with Gasteiger partial charge in [0.05, 0.1) is 5.69 Å². The van der Waals surface area contributed by atoms with E-state index in [1.807, 2.05) is 11.8 Å². The van der Waals surface area contributed by atoms with Crippen LogP contribution in [0.2, 0.25) is 0 Å². The molecule has 0 amide bonds. The summed E-state index contributed by atoms with van der Waals surface area (Å²) < 4.78 is 0. The third-order valence-corrected chi connectivity index (χ3v) is 5.48. The fourth-order valence-corrected chi connectivity index (χ4v) is 3.44. The number of hydrogen-bond donors (Lipinski definition) is 1. The second kappa shape index (κ2) is 7.08. The number of thioether (sulfide) groups is 1. The van der Waals surface area contributed by atoms with Crippen LogP contribution in [0.5, 0.6) is 0 Å². The molecule has 1 unspecified atom stereocenters. The molecule has 2 nitrogen and oxygen atoms in total. The number of benzene rings is 1. The summed E-state index contributed by atoms with van der Waals surface area (Å²) >= 11 is 3.73. The molecule has 0 aliphatic carbocycles. The molecule has 2 aromatic rings. The highest BCUT2D eigenvalue weighted by atomic mass is 32.2. The van der Waals surface area contributed by atoms with Gasteiger partial charge in [-0.25, -0.2) is 4.98 Å². The fourth-order valence-electron chi connectivity index (χ4n) is 1.65. The van der Waals surface area contributed by atoms with Crippen molar-refractivity contribution in [1.82, 2.24) is 4.98 Å². The lowest BCUT2D eigenvalue weighted by Crippen LogP contribution is -1.95. The van der Waals surface area contributed by atoms with Crippen LogP contribution < -0.4 is 5.73 Å². The maximum atomic E-state index is 5.61. The van der Waals surface area contributed by atoms with Crippen molar-refractivity contribution in [2.75, 3.05) is 0 Å². The SMILES string of the molecule is CCC(C)SCc1nc(-c2ccc(CN)cc2)cs1. The molecule has 1 aromatic carbocycles. The molecule has 0 spiro atoms. The quantitative estimate of drug-likeness (QED) is 0.862. The molecule has 1 aromatic heterocycles. The Hall–Kier alpha value is -0.840. The summed E-state index contributed by atoms with van der Waals surface area (Å²) in [7, 11) is 0. The first-order valence-electron chi connectivity index (χ1n) is 6.58. The van der Waals surface area contributed by atoms with E-state index in [2.05, 4.69) is 43.5 Å². The van der Waals surface area contributed by atoms with Crippen LogP contribution in [0.1, 0.15) is 30.8 Å². The largest absolute Gasteiger partial charge is 0.326 e. The van der Waals surface area contributed by atoms with E-state index >= 15 is 0 Å². The molecule has 1 atom stereocenters. The van der Waals surface area contributed by atoms with E-state index in [1.54, 1.807) is 11.3 Å². The summed E-state index contributed by atoms with van der Waals surface area (Å²) in [5.41, 5.74) is 9.02. The van der Waals surface area contributed by atoms with Crippen LogP contribution in [0, 0.1) is 0 Å². The molecule has 4 heteroatoms. The third-order valence-electron chi connectivity index (χ3n) is 3.10. The summed E-state index contributed by atoms with van der Waals surface area (Å²) in [4.78, 5) is 4.71. The van der Waals surface area contributed by atoms with Crippen molar-refractivity contribution in [3.8, 4) is 11.3 Å². The summed E-state index contributed by atoms with van der Waals surface area (Å²) in [6.07, 6.45) is 1.21. The van der Waals surface area contributed by atoms with E-state index in [0.717, 1.165) is 17.0 Å². The molecule has 0 fully saturated rings. The number of aromatic nitrogens is 1. The van der Waals surface area contributed by atoms with E-state index < -0.39 is 0 Å². The molecular formula is C15H20N2S2. The van der Waals surface area contributed by atoms with Crippen LogP contribution in [0.15, 0.2) is 29.6 Å². The molecule has 0 bridgehead atoms. The molecular weight excluding hydrogens is 272 g/mol. The zero-order chi connectivity index (χ0) is 13.7. The van der Waals surface area contributed by atoms with Gasteiger partial charge in [0.25, 0.3) is 0 Å². The average Bonchev–Trinajstić information content (AvgIpc) is 2.93. The zero-order valence-corrected chi connectivity index (χ0v) is 13.1. The Morgan fingerprint density at radius 1 is 1.32 bits per heavy atom. The Labute approximate surface area is 123 Å². The monoisotopic (exact) mass is 292 g/mol. The Bertz CT molecular complexity index is 505. The first-order chi connectivity index (χ1) is 9.22. The van der Waals surface area contributed by atoms with Crippen molar-refractivity contribution < 1.29 is 0 Å². The van der Waals surface area contributed by atoms with Crippen molar-refractivity contribution in [3.63, 3.8) is 0 Å². The molecule has 102 valence electrons.